The quantitative estimate of drug-likeness (QED) is 0.644. The van der Waals surface area contributed by atoms with Crippen molar-refractivity contribution in [2.24, 2.45) is 11.3 Å². The zero-order valence-electron chi connectivity index (χ0n) is 9.77. The Kier molecular flexibility index (Phi) is 6.40. The molecule has 0 bridgehead atoms. The summed E-state index contributed by atoms with van der Waals surface area (Å²) in [6, 6.07) is 0. The van der Waals surface area contributed by atoms with Crippen LogP contribution in [0.3, 0.4) is 0 Å². The van der Waals surface area contributed by atoms with Crippen LogP contribution >= 0.6 is 0 Å². The summed E-state index contributed by atoms with van der Waals surface area (Å²) in [5, 5.41) is 9.19. The Hall–Kier alpha value is -0.0400. The van der Waals surface area contributed by atoms with Gasteiger partial charge in [0.25, 0.3) is 0 Å². The van der Waals surface area contributed by atoms with Crippen LogP contribution in [0.25, 0.3) is 0 Å². The second kappa shape index (κ2) is 6.42. The van der Waals surface area contributed by atoms with E-state index >= 15 is 0 Å². The van der Waals surface area contributed by atoms with Gasteiger partial charge in [-0.1, -0.05) is 40.5 Å². The first-order valence-electron chi connectivity index (χ1n) is 5.66. The van der Waals surface area contributed by atoms with Crippen LogP contribution in [-0.2, 0) is 0 Å². The van der Waals surface area contributed by atoms with E-state index in [1.54, 1.807) is 0 Å². The van der Waals surface area contributed by atoms with Gasteiger partial charge in [-0.3, -0.25) is 0 Å². The molecule has 0 heterocycles. The van der Waals surface area contributed by atoms with Crippen LogP contribution in [-0.4, -0.2) is 11.7 Å². The Morgan fingerprint density at radius 3 is 2.15 bits per heavy atom. The van der Waals surface area contributed by atoms with E-state index in [0.29, 0.717) is 17.9 Å². The lowest BCUT2D eigenvalue weighted by Gasteiger charge is -2.28. The highest BCUT2D eigenvalue weighted by atomic mass is 16.3. The van der Waals surface area contributed by atoms with Crippen LogP contribution in [0.4, 0.5) is 0 Å². The third kappa shape index (κ3) is 6.09. The van der Waals surface area contributed by atoms with E-state index in [9.17, 15) is 5.11 Å². The third-order valence-corrected chi connectivity index (χ3v) is 2.72. The average molecular weight is 186 g/mol. The summed E-state index contributed by atoms with van der Waals surface area (Å²) >= 11 is 0. The highest BCUT2D eigenvalue weighted by molar-refractivity contribution is 4.72. The summed E-state index contributed by atoms with van der Waals surface area (Å²) < 4.78 is 0. The fraction of sp³-hybridized carbons (Fsp3) is 1.00. The van der Waals surface area contributed by atoms with Crippen LogP contribution in [0.1, 0.15) is 59.8 Å². The van der Waals surface area contributed by atoms with Gasteiger partial charge in [-0.25, -0.2) is 0 Å². The van der Waals surface area contributed by atoms with Crippen LogP contribution in [0.5, 0.6) is 0 Å². The van der Waals surface area contributed by atoms with Crippen LogP contribution in [0.15, 0.2) is 0 Å². The molecule has 80 valence electrons. The maximum atomic E-state index is 9.19. The summed E-state index contributed by atoms with van der Waals surface area (Å²) in [6.07, 6.45) is 6.05. The maximum Gasteiger partial charge on any atom is 0.0459 e. The average Bonchev–Trinajstić information content (AvgIpc) is 2.03. The molecule has 0 aromatic heterocycles. The lowest BCUT2D eigenvalue weighted by Crippen LogP contribution is -2.19. The Bertz CT molecular complexity index is 118. The van der Waals surface area contributed by atoms with Crippen LogP contribution in [0, 0.1) is 11.3 Å². The van der Waals surface area contributed by atoms with Gasteiger partial charge in [-0.2, -0.15) is 0 Å². The van der Waals surface area contributed by atoms with Gasteiger partial charge in [0, 0.05) is 6.61 Å². The molecule has 0 fully saturated rings. The van der Waals surface area contributed by atoms with Gasteiger partial charge in [0.15, 0.2) is 0 Å². The number of rotatable bonds is 7. The first-order chi connectivity index (χ1) is 6.05. The van der Waals surface area contributed by atoms with E-state index in [2.05, 4.69) is 27.7 Å². The molecule has 0 saturated carbocycles. The zero-order valence-corrected chi connectivity index (χ0v) is 9.77. The molecule has 1 atom stereocenters. The Labute approximate surface area is 83.5 Å². The smallest absolute Gasteiger partial charge is 0.0459 e. The zero-order chi connectivity index (χ0) is 10.3. The monoisotopic (exact) mass is 186 g/mol. The summed E-state index contributed by atoms with van der Waals surface area (Å²) in [7, 11) is 0. The number of aliphatic hydroxyl groups is 1. The second-order valence-electron chi connectivity index (χ2n) is 4.96. The van der Waals surface area contributed by atoms with Crippen molar-refractivity contribution in [3.8, 4) is 0 Å². The molecule has 13 heavy (non-hydrogen) atoms. The molecule has 1 N–H and O–H groups in total. The molecule has 1 nitrogen and oxygen atoms in total. The molecular weight excluding hydrogens is 160 g/mol. The summed E-state index contributed by atoms with van der Waals surface area (Å²) in [4.78, 5) is 0. The predicted octanol–water partition coefficient (Wildman–Crippen LogP) is 3.61. The predicted molar refractivity (Wildman–Crippen MR) is 58.8 cm³/mol. The van der Waals surface area contributed by atoms with E-state index in [0.717, 1.165) is 0 Å². The molecule has 0 aliphatic carbocycles. The SMILES string of the molecule is CCCC(CO)CC(C)(C)CCC. The van der Waals surface area contributed by atoms with Crippen LogP contribution < -0.4 is 0 Å². The molecule has 1 heteroatoms. The van der Waals surface area contributed by atoms with Gasteiger partial charge in [-0.05, 0) is 30.6 Å². The van der Waals surface area contributed by atoms with E-state index in [-0.39, 0.29) is 0 Å². The van der Waals surface area contributed by atoms with Crippen molar-refractivity contribution in [1.82, 2.24) is 0 Å². The van der Waals surface area contributed by atoms with Crippen molar-refractivity contribution in [1.29, 1.82) is 0 Å². The number of aliphatic hydroxyl groups excluding tert-OH is 1. The van der Waals surface area contributed by atoms with Crippen molar-refractivity contribution >= 4 is 0 Å². The topological polar surface area (TPSA) is 20.2 Å². The first kappa shape index (κ1) is 13.0. The molecule has 0 amide bonds. The van der Waals surface area contributed by atoms with Crippen molar-refractivity contribution < 1.29 is 5.11 Å². The molecule has 0 aliphatic heterocycles. The summed E-state index contributed by atoms with van der Waals surface area (Å²) in [5.41, 5.74) is 0.414. The van der Waals surface area contributed by atoms with E-state index in [1.807, 2.05) is 0 Å². The van der Waals surface area contributed by atoms with Crippen molar-refractivity contribution in [3.63, 3.8) is 0 Å². The van der Waals surface area contributed by atoms with Gasteiger partial charge >= 0.3 is 0 Å². The first-order valence-corrected chi connectivity index (χ1v) is 5.66. The fourth-order valence-electron chi connectivity index (χ4n) is 2.23. The largest absolute Gasteiger partial charge is 0.396 e. The van der Waals surface area contributed by atoms with Crippen LogP contribution in [0.2, 0.25) is 0 Å². The third-order valence-electron chi connectivity index (χ3n) is 2.72. The Balaban J connectivity index is 3.89. The second-order valence-corrected chi connectivity index (χ2v) is 4.96. The molecule has 0 rings (SSSR count). The van der Waals surface area contributed by atoms with Gasteiger partial charge < -0.3 is 5.11 Å². The normalized spacial score (nSPS) is 14.5. The standard InChI is InChI=1S/C12H26O/c1-5-7-11(10-13)9-12(3,4)8-6-2/h11,13H,5-10H2,1-4H3. The van der Waals surface area contributed by atoms with E-state index in [4.69, 9.17) is 0 Å². The lowest BCUT2D eigenvalue weighted by atomic mass is 9.78. The lowest BCUT2D eigenvalue weighted by molar-refractivity contribution is 0.156. The molecule has 0 radical (unpaired) electrons. The number of hydrogen-bond donors (Lipinski definition) is 1. The highest BCUT2D eigenvalue weighted by Gasteiger charge is 2.21. The number of hydrogen-bond acceptors (Lipinski definition) is 1. The summed E-state index contributed by atoms with van der Waals surface area (Å²) in [6.45, 7) is 9.41. The molecule has 0 aliphatic rings. The van der Waals surface area contributed by atoms with Gasteiger partial charge in [0.1, 0.15) is 0 Å². The highest BCUT2D eigenvalue weighted by Crippen LogP contribution is 2.31. The molecule has 0 spiro atoms. The van der Waals surface area contributed by atoms with E-state index in [1.165, 1.54) is 32.1 Å². The maximum absolute atomic E-state index is 9.19. The molecule has 0 aromatic rings. The van der Waals surface area contributed by atoms with Gasteiger partial charge in [0.2, 0.25) is 0 Å². The molecule has 1 unspecified atom stereocenters. The van der Waals surface area contributed by atoms with E-state index < -0.39 is 0 Å². The van der Waals surface area contributed by atoms with Gasteiger partial charge in [0.05, 0.1) is 0 Å². The fourth-order valence-corrected chi connectivity index (χ4v) is 2.23. The van der Waals surface area contributed by atoms with Crippen molar-refractivity contribution in [3.05, 3.63) is 0 Å². The molecule has 0 aromatic carbocycles. The van der Waals surface area contributed by atoms with Gasteiger partial charge in [-0.15, -0.1) is 0 Å². The Morgan fingerprint density at radius 2 is 1.77 bits per heavy atom. The molecular formula is C12H26O. The minimum atomic E-state index is 0.362. The Morgan fingerprint density at radius 1 is 1.15 bits per heavy atom. The minimum absolute atomic E-state index is 0.362. The molecule has 0 saturated heterocycles. The van der Waals surface area contributed by atoms with Crippen molar-refractivity contribution in [2.75, 3.05) is 6.61 Å². The summed E-state index contributed by atoms with van der Waals surface area (Å²) in [5.74, 6) is 0.520. The van der Waals surface area contributed by atoms with Crippen molar-refractivity contribution in [2.45, 2.75) is 59.8 Å². The minimum Gasteiger partial charge on any atom is -0.396 e.